The summed E-state index contributed by atoms with van der Waals surface area (Å²) < 4.78 is 5.11. The number of methoxy groups -OCH3 is 1. The maximum atomic E-state index is 11.5. The molecule has 1 aliphatic rings. The number of thioether (sulfide) groups is 1. The van der Waals surface area contributed by atoms with Crippen molar-refractivity contribution in [3.63, 3.8) is 0 Å². The van der Waals surface area contributed by atoms with Gasteiger partial charge in [-0.15, -0.1) is 11.8 Å². The number of benzene rings is 1. The molecule has 102 valence electrons. The molecule has 5 heteroatoms. The third kappa shape index (κ3) is 2.47. The van der Waals surface area contributed by atoms with Crippen LogP contribution in [0, 0.1) is 5.92 Å². The van der Waals surface area contributed by atoms with E-state index in [1.807, 2.05) is 38.1 Å². The third-order valence-corrected chi connectivity index (χ3v) is 4.58. The predicted molar refractivity (Wildman–Crippen MR) is 77.2 cm³/mol. The normalized spacial score (nSPS) is 22.4. The van der Waals surface area contributed by atoms with Crippen LogP contribution in [0.5, 0.6) is 5.75 Å². The van der Waals surface area contributed by atoms with Crippen LogP contribution in [0.4, 0.5) is 0 Å². The fraction of sp³-hybridized carbons (Fsp3) is 0.429. The second-order valence-electron chi connectivity index (χ2n) is 4.82. The molecule has 1 N–H and O–H groups in total. The van der Waals surface area contributed by atoms with Crippen LogP contribution in [0.3, 0.4) is 0 Å². The number of carboxylic acid groups (broad SMARTS) is 1. The van der Waals surface area contributed by atoms with Crippen LogP contribution in [-0.2, 0) is 4.79 Å². The lowest BCUT2D eigenvalue weighted by molar-refractivity contribution is -0.143. The van der Waals surface area contributed by atoms with Crippen molar-refractivity contribution >= 4 is 22.8 Å². The van der Waals surface area contributed by atoms with E-state index in [9.17, 15) is 9.90 Å². The molecule has 0 spiro atoms. The summed E-state index contributed by atoms with van der Waals surface area (Å²) in [4.78, 5) is 16.0. The molecule has 1 aromatic rings. The van der Waals surface area contributed by atoms with Crippen LogP contribution in [0.1, 0.15) is 19.4 Å². The number of carboxylic acids is 1. The number of hydrogen-bond donors (Lipinski definition) is 1. The van der Waals surface area contributed by atoms with Gasteiger partial charge < -0.3 is 9.84 Å². The van der Waals surface area contributed by atoms with E-state index in [0.717, 1.165) is 16.4 Å². The molecule has 0 amide bonds. The van der Waals surface area contributed by atoms with E-state index in [2.05, 4.69) is 4.99 Å². The van der Waals surface area contributed by atoms with Gasteiger partial charge in [0.2, 0.25) is 0 Å². The lowest BCUT2D eigenvalue weighted by Gasteiger charge is -2.24. The molecule has 0 aliphatic carbocycles. The standard InChI is InChI=1S/C14H17NO3S/c1-9(2)14(13(16)17)8-19-12(15-14)10-4-6-11(18-3)7-5-10/h4-7,9H,8H2,1-3H3,(H,16,17). The van der Waals surface area contributed by atoms with E-state index in [1.54, 1.807) is 7.11 Å². The highest BCUT2D eigenvalue weighted by molar-refractivity contribution is 8.14. The number of aliphatic imine (C=N–C) groups is 1. The van der Waals surface area contributed by atoms with Crippen molar-refractivity contribution in [1.82, 2.24) is 0 Å². The zero-order valence-corrected chi connectivity index (χ0v) is 12.0. The van der Waals surface area contributed by atoms with Gasteiger partial charge >= 0.3 is 5.97 Å². The largest absolute Gasteiger partial charge is 0.497 e. The number of carbonyl (C=O) groups is 1. The van der Waals surface area contributed by atoms with Gasteiger partial charge in [-0.25, -0.2) is 4.79 Å². The predicted octanol–water partition coefficient (Wildman–Crippen LogP) is 2.67. The topological polar surface area (TPSA) is 58.9 Å². The molecule has 1 aliphatic heterocycles. The highest BCUT2D eigenvalue weighted by Crippen LogP contribution is 2.36. The van der Waals surface area contributed by atoms with E-state index in [1.165, 1.54) is 11.8 Å². The fourth-order valence-electron chi connectivity index (χ4n) is 1.96. The molecule has 0 saturated heterocycles. The number of aliphatic carboxylic acids is 1. The van der Waals surface area contributed by atoms with Crippen LogP contribution in [-0.4, -0.2) is 34.5 Å². The molecular formula is C14H17NO3S. The third-order valence-electron chi connectivity index (χ3n) is 3.39. The van der Waals surface area contributed by atoms with Gasteiger partial charge in [0.1, 0.15) is 5.75 Å². The smallest absolute Gasteiger partial charge is 0.332 e. The maximum absolute atomic E-state index is 11.5. The van der Waals surface area contributed by atoms with Crippen LogP contribution in [0.15, 0.2) is 29.3 Å². The Kier molecular flexibility index (Phi) is 3.85. The zero-order chi connectivity index (χ0) is 14.0. The Labute approximate surface area is 116 Å². The molecular weight excluding hydrogens is 262 g/mol. The number of hydrogen-bond acceptors (Lipinski definition) is 4. The van der Waals surface area contributed by atoms with E-state index >= 15 is 0 Å². The van der Waals surface area contributed by atoms with E-state index < -0.39 is 11.5 Å². The molecule has 1 heterocycles. The molecule has 0 radical (unpaired) electrons. The van der Waals surface area contributed by atoms with Crippen LogP contribution >= 0.6 is 11.8 Å². The van der Waals surface area contributed by atoms with Gasteiger partial charge in [-0.1, -0.05) is 13.8 Å². The molecule has 0 fully saturated rings. The Balaban J connectivity index is 2.33. The summed E-state index contributed by atoms with van der Waals surface area (Å²) in [5.41, 5.74) is -0.0607. The van der Waals surface area contributed by atoms with Gasteiger partial charge in [0.05, 0.1) is 12.2 Å². The van der Waals surface area contributed by atoms with Crippen molar-refractivity contribution in [3.8, 4) is 5.75 Å². The minimum Gasteiger partial charge on any atom is -0.497 e. The summed E-state index contributed by atoms with van der Waals surface area (Å²) in [5.74, 6) is 0.383. The first-order valence-electron chi connectivity index (χ1n) is 6.10. The maximum Gasteiger partial charge on any atom is 0.332 e. The Hall–Kier alpha value is -1.49. The Bertz CT molecular complexity index is 510. The van der Waals surface area contributed by atoms with Crippen LogP contribution in [0.25, 0.3) is 0 Å². The van der Waals surface area contributed by atoms with Crippen molar-refractivity contribution in [2.75, 3.05) is 12.9 Å². The van der Waals surface area contributed by atoms with Gasteiger partial charge in [0.25, 0.3) is 0 Å². The van der Waals surface area contributed by atoms with Crippen molar-refractivity contribution in [2.24, 2.45) is 10.9 Å². The second kappa shape index (κ2) is 5.25. The second-order valence-corrected chi connectivity index (χ2v) is 5.78. The van der Waals surface area contributed by atoms with Gasteiger partial charge in [-0.05, 0) is 30.2 Å². The summed E-state index contributed by atoms with van der Waals surface area (Å²) in [6, 6.07) is 7.52. The van der Waals surface area contributed by atoms with Gasteiger partial charge in [0.15, 0.2) is 5.54 Å². The fourth-order valence-corrected chi connectivity index (χ4v) is 3.37. The first kappa shape index (κ1) is 13.9. The highest BCUT2D eigenvalue weighted by atomic mass is 32.2. The van der Waals surface area contributed by atoms with Crippen LogP contribution in [0.2, 0.25) is 0 Å². The monoisotopic (exact) mass is 279 g/mol. The Morgan fingerprint density at radius 1 is 1.42 bits per heavy atom. The Morgan fingerprint density at radius 3 is 2.47 bits per heavy atom. The van der Waals surface area contributed by atoms with E-state index in [-0.39, 0.29) is 5.92 Å². The van der Waals surface area contributed by atoms with E-state index in [0.29, 0.717) is 5.75 Å². The van der Waals surface area contributed by atoms with Crippen molar-refractivity contribution in [2.45, 2.75) is 19.4 Å². The first-order valence-corrected chi connectivity index (χ1v) is 7.08. The molecule has 4 nitrogen and oxygen atoms in total. The van der Waals surface area contributed by atoms with Crippen LogP contribution < -0.4 is 4.74 Å². The Morgan fingerprint density at radius 2 is 2.05 bits per heavy atom. The van der Waals surface area contributed by atoms with Crippen molar-refractivity contribution in [3.05, 3.63) is 29.8 Å². The minimum atomic E-state index is -1.00. The molecule has 0 aromatic heterocycles. The van der Waals surface area contributed by atoms with Gasteiger partial charge in [-0.2, -0.15) is 0 Å². The lowest BCUT2D eigenvalue weighted by Crippen LogP contribution is -2.42. The summed E-state index contributed by atoms with van der Waals surface area (Å²) in [6.07, 6.45) is 0. The summed E-state index contributed by atoms with van der Waals surface area (Å²) in [6.45, 7) is 3.80. The molecule has 1 aromatic carbocycles. The zero-order valence-electron chi connectivity index (χ0n) is 11.2. The molecule has 2 rings (SSSR count). The SMILES string of the molecule is COc1ccc(C2=NC(C(=O)O)(C(C)C)CS2)cc1. The summed E-state index contributed by atoms with van der Waals surface area (Å²) in [5, 5.41) is 10.2. The highest BCUT2D eigenvalue weighted by Gasteiger charge is 2.45. The van der Waals surface area contributed by atoms with Crippen molar-refractivity contribution < 1.29 is 14.6 Å². The minimum absolute atomic E-state index is 0.0340. The summed E-state index contributed by atoms with van der Waals surface area (Å²) in [7, 11) is 1.62. The molecule has 1 unspecified atom stereocenters. The number of ether oxygens (including phenoxy) is 1. The lowest BCUT2D eigenvalue weighted by atomic mass is 9.89. The molecule has 1 atom stereocenters. The molecule has 19 heavy (non-hydrogen) atoms. The summed E-state index contributed by atoms with van der Waals surface area (Å²) >= 11 is 1.50. The molecule has 0 bridgehead atoms. The van der Waals surface area contributed by atoms with Gasteiger partial charge in [-0.3, -0.25) is 4.99 Å². The number of rotatable bonds is 4. The van der Waals surface area contributed by atoms with E-state index in [4.69, 9.17) is 4.74 Å². The van der Waals surface area contributed by atoms with Gasteiger partial charge in [0, 0.05) is 11.3 Å². The quantitative estimate of drug-likeness (QED) is 0.920. The molecule has 0 saturated carbocycles. The first-order chi connectivity index (χ1) is 8.99. The average Bonchev–Trinajstić information content (AvgIpc) is 2.85. The number of nitrogens with zero attached hydrogens (tertiary/aromatic N) is 1. The van der Waals surface area contributed by atoms with Crippen molar-refractivity contribution in [1.29, 1.82) is 0 Å². The average molecular weight is 279 g/mol.